The van der Waals surface area contributed by atoms with Gasteiger partial charge in [-0.25, -0.2) is 0 Å². The largest absolute Gasteiger partial charge is 0.493 e. The van der Waals surface area contributed by atoms with Crippen LogP contribution in [0.4, 0.5) is 0 Å². The van der Waals surface area contributed by atoms with Gasteiger partial charge in [0, 0.05) is 7.05 Å². The van der Waals surface area contributed by atoms with Crippen molar-refractivity contribution in [3.05, 3.63) is 27.9 Å². The Hall–Kier alpha value is -1.60. The van der Waals surface area contributed by atoms with E-state index in [1.807, 2.05) is 13.0 Å². The lowest BCUT2D eigenvalue weighted by Gasteiger charge is -2.12. The highest BCUT2D eigenvalue weighted by atomic mass is 79.9. The molecular formula is C14H15BrN2O3S. The Balaban J connectivity index is 2.40. The Bertz CT molecular complexity index is 631. The van der Waals surface area contributed by atoms with Crippen LogP contribution in [0.5, 0.6) is 11.5 Å². The molecule has 2 rings (SSSR count). The lowest BCUT2D eigenvalue weighted by Crippen LogP contribution is -2.25. The zero-order valence-corrected chi connectivity index (χ0v) is 14.3. The lowest BCUT2D eigenvalue weighted by atomic mass is 10.1. The highest BCUT2D eigenvalue weighted by Crippen LogP contribution is 2.37. The van der Waals surface area contributed by atoms with Gasteiger partial charge in [0.25, 0.3) is 5.91 Å². The van der Waals surface area contributed by atoms with Gasteiger partial charge in [-0.2, -0.15) is 0 Å². The van der Waals surface area contributed by atoms with Crippen LogP contribution in [-0.4, -0.2) is 36.7 Å². The minimum atomic E-state index is -0.163. The minimum absolute atomic E-state index is 0.163. The Morgan fingerprint density at radius 1 is 1.48 bits per heavy atom. The zero-order chi connectivity index (χ0) is 15.6. The summed E-state index contributed by atoms with van der Waals surface area (Å²) in [6.45, 7) is 2.44. The fourth-order valence-corrected chi connectivity index (χ4v) is 2.66. The summed E-state index contributed by atoms with van der Waals surface area (Å²) in [7, 11) is 3.20. The smallest absolute Gasteiger partial charge is 0.276 e. The average Bonchev–Trinajstić information content (AvgIpc) is 2.69. The monoisotopic (exact) mass is 370 g/mol. The van der Waals surface area contributed by atoms with Crippen molar-refractivity contribution in [2.24, 2.45) is 0 Å². The normalized spacial score (nSPS) is 16.4. The summed E-state index contributed by atoms with van der Waals surface area (Å²) in [6, 6.07) is 3.66. The number of halogens is 1. The zero-order valence-electron chi connectivity index (χ0n) is 11.9. The standard InChI is InChI=1S/C14H15BrN2O3S/c1-4-20-12-9(15)5-8(7-11(12)19-3)6-10-13(18)17(2)14(21)16-10/h5-7H,4H2,1-3H3,(H,16,21)/b10-6+. The molecule has 0 aromatic heterocycles. The number of amides is 1. The van der Waals surface area contributed by atoms with Gasteiger partial charge < -0.3 is 14.8 Å². The number of carbonyl (C=O) groups is 1. The molecule has 5 nitrogen and oxygen atoms in total. The average molecular weight is 371 g/mol. The molecule has 112 valence electrons. The topological polar surface area (TPSA) is 50.8 Å². The Labute approximate surface area is 137 Å². The molecule has 0 saturated carbocycles. The molecule has 0 spiro atoms. The Kier molecular flexibility index (Phi) is 4.84. The van der Waals surface area contributed by atoms with E-state index in [0.717, 1.165) is 10.0 Å². The van der Waals surface area contributed by atoms with E-state index in [1.165, 1.54) is 4.90 Å². The van der Waals surface area contributed by atoms with Crippen molar-refractivity contribution in [2.75, 3.05) is 20.8 Å². The molecule has 0 atom stereocenters. The highest BCUT2D eigenvalue weighted by Gasteiger charge is 2.27. The van der Waals surface area contributed by atoms with E-state index in [1.54, 1.807) is 26.3 Å². The third-order valence-corrected chi connectivity index (χ3v) is 3.90. The van der Waals surface area contributed by atoms with Gasteiger partial charge >= 0.3 is 0 Å². The summed E-state index contributed by atoms with van der Waals surface area (Å²) in [5, 5.41) is 3.27. The van der Waals surface area contributed by atoms with Gasteiger partial charge in [-0.05, 0) is 58.8 Å². The molecule has 0 bridgehead atoms. The molecule has 1 amide bonds. The minimum Gasteiger partial charge on any atom is -0.493 e. The van der Waals surface area contributed by atoms with Crippen molar-refractivity contribution in [2.45, 2.75) is 6.92 Å². The maximum absolute atomic E-state index is 12.0. The number of ether oxygens (including phenoxy) is 2. The van der Waals surface area contributed by atoms with E-state index in [-0.39, 0.29) is 5.91 Å². The van der Waals surface area contributed by atoms with Crippen LogP contribution in [0.3, 0.4) is 0 Å². The van der Waals surface area contributed by atoms with Crippen molar-refractivity contribution in [1.29, 1.82) is 0 Å². The molecule has 1 saturated heterocycles. The predicted octanol–water partition coefficient (Wildman–Crippen LogP) is 2.54. The number of benzene rings is 1. The summed E-state index contributed by atoms with van der Waals surface area (Å²) >= 11 is 8.49. The first kappa shape index (κ1) is 15.8. The molecule has 0 unspecified atom stereocenters. The van der Waals surface area contributed by atoms with Gasteiger partial charge in [-0.15, -0.1) is 0 Å². The van der Waals surface area contributed by atoms with Gasteiger partial charge in [0.15, 0.2) is 16.6 Å². The summed E-state index contributed by atoms with van der Waals surface area (Å²) in [4.78, 5) is 13.4. The van der Waals surface area contributed by atoms with E-state index in [4.69, 9.17) is 21.7 Å². The van der Waals surface area contributed by atoms with Crippen LogP contribution in [-0.2, 0) is 4.79 Å². The van der Waals surface area contributed by atoms with Crippen molar-refractivity contribution >= 4 is 45.2 Å². The van der Waals surface area contributed by atoms with Crippen molar-refractivity contribution < 1.29 is 14.3 Å². The molecule has 1 aliphatic heterocycles. The van der Waals surface area contributed by atoms with Gasteiger partial charge in [0.1, 0.15) is 5.70 Å². The van der Waals surface area contributed by atoms with Gasteiger partial charge in [-0.3, -0.25) is 9.69 Å². The van der Waals surface area contributed by atoms with E-state index < -0.39 is 0 Å². The van der Waals surface area contributed by atoms with Crippen LogP contribution in [0.15, 0.2) is 22.3 Å². The molecule has 1 aromatic rings. The molecule has 1 heterocycles. The van der Waals surface area contributed by atoms with Crippen LogP contribution in [0.1, 0.15) is 12.5 Å². The number of hydrogen-bond donors (Lipinski definition) is 1. The summed E-state index contributed by atoms with van der Waals surface area (Å²) in [5.41, 5.74) is 1.23. The molecule has 1 aromatic carbocycles. The van der Waals surface area contributed by atoms with E-state index in [9.17, 15) is 4.79 Å². The maximum Gasteiger partial charge on any atom is 0.276 e. The summed E-state index contributed by atoms with van der Waals surface area (Å²) in [6.07, 6.45) is 1.72. The quantitative estimate of drug-likeness (QED) is 0.651. The van der Waals surface area contributed by atoms with Gasteiger partial charge in [0.2, 0.25) is 0 Å². The maximum atomic E-state index is 12.0. The van der Waals surface area contributed by atoms with Crippen molar-refractivity contribution in [3.63, 3.8) is 0 Å². The molecule has 1 N–H and O–H groups in total. The molecular weight excluding hydrogens is 356 g/mol. The number of hydrogen-bond acceptors (Lipinski definition) is 4. The first-order valence-corrected chi connectivity index (χ1v) is 7.49. The third-order valence-electron chi connectivity index (χ3n) is 2.93. The Morgan fingerprint density at radius 3 is 2.71 bits per heavy atom. The predicted molar refractivity (Wildman–Crippen MR) is 88.3 cm³/mol. The number of thiocarbonyl (C=S) groups is 1. The van der Waals surface area contributed by atoms with Crippen molar-refractivity contribution in [1.82, 2.24) is 10.2 Å². The first-order chi connectivity index (χ1) is 9.97. The van der Waals surface area contributed by atoms with Crippen LogP contribution in [0, 0.1) is 0 Å². The number of carbonyl (C=O) groups excluding carboxylic acids is 1. The van der Waals surface area contributed by atoms with Crippen LogP contribution in [0.2, 0.25) is 0 Å². The first-order valence-electron chi connectivity index (χ1n) is 6.29. The fraction of sp³-hybridized carbons (Fsp3) is 0.286. The van der Waals surface area contributed by atoms with E-state index in [2.05, 4.69) is 21.2 Å². The van der Waals surface area contributed by atoms with Gasteiger partial charge in [-0.1, -0.05) is 0 Å². The Morgan fingerprint density at radius 2 is 2.19 bits per heavy atom. The van der Waals surface area contributed by atoms with E-state index >= 15 is 0 Å². The third kappa shape index (κ3) is 3.19. The second kappa shape index (κ2) is 6.44. The molecule has 1 fully saturated rings. The van der Waals surface area contributed by atoms with Crippen molar-refractivity contribution in [3.8, 4) is 11.5 Å². The number of rotatable bonds is 4. The number of nitrogens with one attached hydrogen (secondary N) is 1. The van der Waals surface area contributed by atoms with Crippen LogP contribution < -0.4 is 14.8 Å². The van der Waals surface area contributed by atoms with Crippen LogP contribution in [0.25, 0.3) is 6.08 Å². The van der Waals surface area contributed by atoms with Gasteiger partial charge in [0.05, 0.1) is 18.2 Å². The fourth-order valence-electron chi connectivity index (χ4n) is 1.90. The molecule has 0 aliphatic carbocycles. The number of methoxy groups -OCH3 is 1. The van der Waals surface area contributed by atoms with Crippen LogP contribution >= 0.6 is 28.1 Å². The molecule has 0 radical (unpaired) electrons. The summed E-state index contributed by atoms with van der Waals surface area (Å²) < 4.78 is 11.6. The second-order valence-corrected chi connectivity index (χ2v) is 5.56. The lowest BCUT2D eigenvalue weighted by molar-refractivity contribution is -0.121. The van der Waals surface area contributed by atoms with E-state index in [0.29, 0.717) is 28.9 Å². The number of likely N-dealkylation sites (N-methyl/N-ethyl adjacent to an activating group) is 1. The highest BCUT2D eigenvalue weighted by molar-refractivity contribution is 9.10. The second-order valence-electron chi connectivity index (χ2n) is 4.32. The molecule has 21 heavy (non-hydrogen) atoms. The SMILES string of the molecule is CCOc1c(Br)cc(/C=C2/NC(=S)N(C)C2=O)cc1OC. The number of nitrogens with zero attached hydrogens (tertiary/aromatic N) is 1. The summed E-state index contributed by atoms with van der Waals surface area (Å²) in [5.74, 6) is 1.07. The molecule has 1 aliphatic rings. The molecule has 7 heteroatoms.